The molecule has 37 heavy (non-hydrogen) atoms. The number of aromatic nitrogens is 2. The molecule has 2 heterocycles. The maximum Gasteiger partial charge on any atom is 0.408 e. The van der Waals surface area contributed by atoms with E-state index in [-0.39, 0.29) is 30.3 Å². The predicted molar refractivity (Wildman–Crippen MR) is 137 cm³/mol. The quantitative estimate of drug-likeness (QED) is 0.480. The predicted octanol–water partition coefficient (Wildman–Crippen LogP) is 4.62. The maximum absolute atomic E-state index is 13.2. The molecule has 1 N–H and O–H groups in total. The number of nitrogens with one attached hydrogen (secondary N) is 1. The largest absolute Gasteiger partial charge is 0.491 e. The van der Waals surface area contributed by atoms with Gasteiger partial charge in [-0.3, -0.25) is 9.48 Å². The molecule has 3 aromatic rings. The molecule has 0 radical (unpaired) electrons. The number of alkyl carbamates (subject to hydrolysis) is 1. The smallest absolute Gasteiger partial charge is 0.408 e. The topological polar surface area (TPSA) is 85.7 Å². The van der Waals surface area contributed by atoms with Crippen molar-refractivity contribution in [3.05, 3.63) is 83.9 Å². The molecule has 0 saturated carbocycles. The van der Waals surface area contributed by atoms with Gasteiger partial charge in [-0.25, -0.2) is 9.18 Å². The highest BCUT2D eigenvalue weighted by Crippen LogP contribution is 2.28. The number of amides is 2. The average molecular weight is 509 g/mol. The fraction of sp³-hybridized carbons (Fsp3) is 0.393. The molecule has 2 amide bonds. The molecule has 0 aliphatic carbocycles. The molecular formula is C28H33FN4O4. The van der Waals surface area contributed by atoms with E-state index in [1.807, 2.05) is 17.2 Å². The zero-order valence-corrected chi connectivity index (χ0v) is 21.4. The van der Waals surface area contributed by atoms with Crippen LogP contribution in [0.25, 0.3) is 0 Å². The Hall–Kier alpha value is -3.88. The lowest BCUT2D eigenvalue weighted by Gasteiger charge is -2.24. The Labute approximate surface area is 216 Å². The Bertz CT molecular complexity index is 1170. The van der Waals surface area contributed by atoms with Crippen LogP contribution in [-0.2, 0) is 11.3 Å². The normalized spacial score (nSPS) is 16.3. The third-order valence-corrected chi connectivity index (χ3v) is 6.06. The van der Waals surface area contributed by atoms with Crippen molar-refractivity contribution < 1.29 is 23.5 Å². The molecule has 0 bridgehead atoms. The minimum atomic E-state index is -0.613. The van der Waals surface area contributed by atoms with Crippen LogP contribution in [0.4, 0.5) is 9.18 Å². The first-order valence-corrected chi connectivity index (χ1v) is 12.4. The van der Waals surface area contributed by atoms with Crippen LogP contribution in [0.2, 0.25) is 0 Å². The summed E-state index contributed by atoms with van der Waals surface area (Å²) in [6, 6.07) is 14.9. The van der Waals surface area contributed by atoms with Gasteiger partial charge in [0.25, 0.3) is 5.91 Å². The van der Waals surface area contributed by atoms with E-state index in [1.54, 1.807) is 68.0 Å². The number of likely N-dealkylation sites (tertiary alicyclic amines) is 1. The van der Waals surface area contributed by atoms with Crippen molar-refractivity contribution in [2.45, 2.75) is 51.3 Å². The summed E-state index contributed by atoms with van der Waals surface area (Å²) in [6.45, 7) is 7.28. The molecule has 1 aromatic heterocycles. The van der Waals surface area contributed by atoms with Gasteiger partial charge in [-0.1, -0.05) is 12.1 Å². The molecule has 8 nitrogen and oxygen atoms in total. The Morgan fingerprint density at radius 3 is 2.51 bits per heavy atom. The van der Waals surface area contributed by atoms with Crippen molar-refractivity contribution in [3.8, 4) is 5.75 Å². The summed E-state index contributed by atoms with van der Waals surface area (Å²) >= 11 is 0. The van der Waals surface area contributed by atoms with Gasteiger partial charge in [-0.15, -0.1) is 0 Å². The van der Waals surface area contributed by atoms with Crippen molar-refractivity contribution in [2.24, 2.45) is 0 Å². The van der Waals surface area contributed by atoms with E-state index in [9.17, 15) is 14.0 Å². The summed E-state index contributed by atoms with van der Waals surface area (Å²) in [5, 5.41) is 7.04. The second-order valence-electron chi connectivity index (χ2n) is 10.2. The summed E-state index contributed by atoms with van der Waals surface area (Å²) in [5.41, 5.74) is 1.01. The van der Waals surface area contributed by atoms with E-state index in [1.165, 1.54) is 12.1 Å². The van der Waals surface area contributed by atoms with Crippen molar-refractivity contribution >= 4 is 12.0 Å². The van der Waals surface area contributed by atoms with Gasteiger partial charge in [0.15, 0.2) is 0 Å². The fourth-order valence-electron chi connectivity index (χ4n) is 4.27. The first kappa shape index (κ1) is 26.2. The molecule has 1 saturated heterocycles. The average Bonchev–Trinajstić information content (AvgIpc) is 3.54. The van der Waals surface area contributed by atoms with Gasteiger partial charge in [0.2, 0.25) is 0 Å². The number of carbonyl (C=O) groups excluding carboxylic acids is 2. The van der Waals surface area contributed by atoms with Crippen LogP contribution in [0.1, 0.15) is 49.0 Å². The van der Waals surface area contributed by atoms with Gasteiger partial charge in [0.1, 0.15) is 23.8 Å². The van der Waals surface area contributed by atoms with E-state index >= 15 is 0 Å². The second kappa shape index (κ2) is 11.5. The number of ether oxygens (including phenoxy) is 2. The highest BCUT2D eigenvalue weighted by Gasteiger charge is 2.28. The lowest BCUT2D eigenvalue weighted by atomic mass is 9.99. The minimum absolute atomic E-state index is 0.0423. The molecule has 9 heteroatoms. The van der Waals surface area contributed by atoms with Gasteiger partial charge in [0, 0.05) is 37.0 Å². The Morgan fingerprint density at radius 2 is 1.86 bits per heavy atom. The van der Waals surface area contributed by atoms with Crippen molar-refractivity contribution in [3.63, 3.8) is 0 Å². The Morgan fingerprint density at radius 1 is 1.14 bits per heavy atom. The number of halogens is 1. The maximum atomic E-state index is 13.2. The van der Waals surface area contributed by atoms with Crippen LogP contribution in [0.5, 0.6) is 5.75 Å². The SMILES string of the molecule is CC(C)(C)OC(=O)NC(COc1ccc(C(=O)N2CC[C@H](c3ccc(F)cc3)C2)cc1)Cn1cccn1. The third-order valence-electron chi connectivity index (χ3n) is 6.06. The van der Waals surface area contributed by atoms with Crippen LogP contribution >= 0.6 is 0 Å². The molecule has 196 valence electrons. The summed E-state index contributed by atoms with van der Waals surface area (Å²) in [4.78, 5) is 27.2. The van der Waals surface area contributed by atoms with E-state index in [0.717, 1.165) is 12.0 Å². The van der Waals surface area contributed by atoms with Crippen molar-refractivity contribution in [1.29, 1.82) is 0 Å². The molecule has 2 atom stereocenters. The van der Waals surface area contributed by atoms with Crippen LogP contribution < -0.4 is 10.1 Å². The molecule has 1 aliphatic heterocycles. The van der Waals surface area contributed by atoms with Gasteiger partial charge in [0.05, 0.1) is 12.6 Å². The number of carbonyl (C=O) groups is 2. The first-order chi connectivity index (χ1) is 17.7. The zero-order valence-electron chi connectivity index (χ0n) is 21.4. The molecule has 0 spiro atoms. The fourth-order valence-corrected chi connectivity index (χ4v) is 4.27. The highest BCUT2D eigenvalue weighted by atomic mass is 19.1. The molecule has 2 aromatic carbocycles. The summed E-state index contributed by atoms with van der Waals surface area (Å²) in [5.74, 6) is 0.486. The number of nitrogens with zero attached hydrogens (tertiary/aromatic N) is 3. The number of hydrogen-bond acceptors (Lipinski definition) is 5. The molecule has 1 unspecified atom stereocenters. The minimum Gasteiger partial charge on any atom is -0.491 e. The van der Waals surface area contributed by atoms with Gasteiger partial charge in [-0.05, 0) is 75.2 Å². The monoisotopic (exact) mass is 508 g/mol. The summed E-state index contributed by atoms with van der Waals surface area (Å²) in [7, 11) is 0. The van der Waals surface area contributed by atoms with Crippen molar-refractivity contribution in [2.75, 3.05) is 19.7 Å². The zero-order chi connectivity index (χ0) is 26.4. The van der Waals surface area contributed by atoms with Crippen LogP contribution in [0.15, 0.2) is 67.0 Å². The van der Waals surface area contributed by atoms with E-state index in [0.29, 0.717) is 30.9 Å². The van der Waals surface area contributed by atoms with E-state index in [2.05, 4.69) is 10.4 Å². The van der Waals surface area contributed by atoms with Gasteiger partial charge in [-0.2, -0.15) is 5.10 Å². The first-order valence-electron chi connectivity index (χ1n) is 12.4. The van der Waals surface area contributed by atoms with Crippen LogP contribution in [0.3, 0.4) is 0 Å². The standard InChI is InChI=1S/C28H33FN4O4/c1-28(2,3)37-27(35)31-24(18-33-15-4-14-30-33)19-36-25-11-7-21(8-12-25)26(34)32-16-13-22(17-32)20-5-9-23(29)10-6-20/h4-12,14-15,22,24H,13,16-19H2,1-3H3,(H,31,35)/t22-,24?/m0/s1. The van der Waals surface area contributed by atoms with Crippen molar-refractivity contribution in [1.82, 2.24) is 20.0 Å². The summed E-state index contributed by atoms with van der Waals surface area (Å²) in [6.07, 6.45) is 3.80. The summed E-state index contributed by atoms with van der Waals surface area (Å²) < 4.78 is 26.2. The van der Waals surface area contributed by atoms with E-state index < -0.39 is 11.7 Å². The van der Waals surface area contributed by atoms with E-state index in [4.69, 9.17) is 9.47 Å². The number of rotatable bonds is 8. The highest BCUT2D eigenvalue weighted by molar-refractivity contribution is 5.94. The Balaban J connectivity index is 1.33. The van der Waals surface area contributed by atoms with Gasteiger partial charge < -0.3 is 19.7 Å². The lowest BCUT2D eigenvalue weighted by molar-refractivity contribution is 0.0479. The second-order valence-corrected chi connectivity index (χ2v) is 10.2. The number of hydrogen-bond donors (Lipinski definition) is 1. The number of benzene rings is 2. The third kappa shape index (κ3) is 7.55. The molecule has 1 fully saturated rings. The molecule has 1 aliphatic rings. The molecular weight excluding hydrogens is 475 g/mol. The van der Waals surface area contributed by atoms with Crippen LogP contribution in [0, 0.1) is 5.82 Å². The van der Waals surface area contributed by atoms with Gasteiger partial charge >= 0.3 is 6.09 Å². The lowest BCUT2D eigenvalue weighted by Crippen LogP contribution is -2.44. The molecule has 4 rings (SSSR count). The van der Waals surface area contributed by atoms with Crippen LogP contribution in [-0.4, -0.2) is 58.0 Å². The Kier molecular flexibility index (Phi) is 8.11.